The van der Waals surface area contributed by atoms with Gasteiger partial charge in [-0.2, -0.15) is 18.3 Å². The van der Waals surface area contributed by atoms with Crippen LogP contribution in [0.4, 0.5) is 13.2 Å². The topological polar surface area (TPSA) is 57.8 Å². The highest BCUT2D eigenvalue weighted by Gasteiger charge is 2.30. The number of carbonyl (C=O) groups excluding carboxylic acids is 1. The molecule has 1 fully saturated rings. The first-order chi connectivity index (χ1) is 10.9. The summed E-state index contributed by atoms with van der Waals surface area (Å²) in [5.74, 6) is 0.219. The number of benzene rings is 1. The van der Waals surface area contributed by atoms with E-state index in [0.29, 0.717) is 24.6 Å². The van der Waals surface area contributed by atoms with Crippen LogP contribution in [-0.4, -0.2) is 22.6 Å². The molecule has 1 amide bonds. The summed E-state index contributed by atoms with van der Waals surface area (Å²) < 4.78 is 37.4. The van der Waals surface area contributed by atoms with Crippen LogP contribution in [0.15, 0.2) is 30.3 Å². The Morgan fingerprint density at radius 1 is 1.26 bits per heavy atom. The van der Waals surface area contributed by atoms with E-state index in [1.54, 1.807) is 6.07 Å². The lowest BCUT2D eigenvalue weighted by atomic mass is 10.1. The quantitative estimate of drug-likeness (QED) is 0.887. The summed E-state index contributed by atoms with van der Waals surface area (Å²) in [6.45, 7) is 0.343. The summed E-state index contributed by atoms with van der Waals surface area (Å²) >= 11 is 0. The van der Waals surface area contributed by atoms with E-state index in [1.807, 2.05) is 0 Å². The minimum atomic E-state index is -4.33. The molecule has 0 saturated heterocycles. The molecule has 1 saturated carbocycles. The van der Waals surface area contributed by atoms with Gasteiger partial charge in [-0.1, -0.05) is 12.1 Å². The first-order valence-electron chi connectivity index (χ1n) is 7.43. The number of H-pyrrole nitrogens is 1. The largest absolute Gasteiger partial charge is 0.416 e. The van der Waals surface area contributed by atoms with Crippen LogP contribution in [0.3, 0.4) is 0 Å². The van der Waals surface area contributed by atoms with E-state index in [0.717, 1.165) is 36.2 Å². The van der Waals surface area contributed by atoms with Crippen LogP contribution in [0.1, 0.15) is 46.1 Å². The summed E-state index contributed by atoms with van der Waals surface area (Å²) in [6.07, 6.45) is -1.62. The van der Waals surface area contributed by atoms with Gasteiger partial charge in [-0.25, -0.2) is 0 Å². The van der Waals surface area contributed by atoms with Gasteiger partial charge >= 0.3 is 6.18 Å². The Morgan fingerprint density at radius 3 is 2.57 bits per heavy atom. The average Bonchev–Trinajstić information content (AvgIpc) is 3.24. The number of aromatic amines is 1. The van der Waals surface area contributed by atoms with Gasteiger partial charge in [0.25, 0.3) is 5.91 Å². The first kappa shape index (κ1) is 15.6. The van der Waals surface area contributed by atoms with Crippen LogP contribution < -0.4 is 5.32 Å². The average molecular weight is 323 g/mol. The monoisotopic (exact) mass is 323 g/mol. The highest BCUT2D eigenvalue weighted by atomic mass is 19.4. The van der Waals surface area contributed by atoms with E-state index in [4.69, 9.17) is 0 Å². The number of aromatic nitrogens is 2. The second-order valence-corrected chi connectivity index (χ2v) is 5.68. The molecule has 0 spiro atoms. The molecule has 122 valence electrons. The molecule has 2 aromatic rings. The highest BCUT2D eigenvalue weighted by Crippen LogP contribution is 2.38. The Bertz CT molecular complexity index is 687. The van der Waals surface area contributed by atoms with Gasteiger partial charge in [-0.3, -0.25) is 9.89 Å². The molecule has 7 heteroatoms. The zero-order valence-electron chi connectivity index (χ0n) is 12.3. The van der Waals surface area contributed by atoms with E-state index in [2.05, 4.69) is 15.5 Å². The number of carbonyl (C=O) groups is 1. The minimum Gasteiger partial charge on any atom is -0.350 e. The molecule has 1 aliphatic carbocycles. The van der Waals surface area contributed by atoms with Crippen LogP contribution in [-0.2, 0) is 12.6 Å². The first-order valence-corrected chi connectivity index (χ1v) is 7.43. The Labute approximate surface area is 131 Å². The molecule has 4 nitrogen and oxygen atoms in total. The molecule has 1 aromatic heterocycles. The highest BCUT2D eigenvalue weighted by molar-refractivity contribution is 5.92. The van der Waals surface area contributed by atoms with Crippen molar-refractivity contribution in [3.05, 3.63) is 52.8 Å². The third-order valence-electron chi connectivity index (χ3n) is 3.83. The predicted molar refractivity (Wildman–Crippen MR) is 78.0 cm³/mol. The van der Waals surface area contributed by atoms with Crippen molar-refractivity contribution in [2.24, 2.45) is 0 Å². The van der Waals surface area contributed by atoms with Crippen molar-refractivity contribution in [1.29, 1.82) is 0 Å². The molecule has 1 heterocycles. The van der Waals surface area contributed by atoms with Crippen molar-refractivity contribution in [2.75, 3.05) is 6.54 Å². The molecule has 0 bridgehead atoms. The van der Waals surface area contributed by atoms with Crippen LogP contribution in [0, 0.1) is 0 Å². The Balaban J connectivity index is 1.49. The maximum atomic E-state index is 12.5. The summed E-state index contributed by atoms with van der Waals surface area (Å²) in [5, 5.41) is 9.56. The fourth-order valence-corrected chi connectivity index (χ4v) is 2.33. The lowest BCUT2D eigenvalue weighted by molar-refractivity contribution is -0.137. The minimum absolute atomic E-state index is 0.278. The van der Waals surface area contributed by atoms with Crippen molar-refractivity contribution in [2.45, 2.75) is 31.4 Å². The number of amides is 1. The number of alkyl halides is 3. The van der Waals surface area contributed by atoms with E-state index in [-0.39, 0.29) is 5.91 Å². The van der Waals surface area contributed by atoms with Crippen molar-refractivity contribution < 1.29 is 18.0 Å². The number of halogens is 3. The standard InChI is InChI=1S/C16H16F3N3O/c17-16(18,19)12-5-1-10(2-6-12)7-8-20-15(23)14-9-13(21-22-14)11-3-4-11/h1-2,5-6,9,11H,3-4,7-8H2,(H,20,23)(H,21,22). The number of nitrogens with one attached hydrogen (secondary N) is 2. The lowest BCUT2D eigenvalue weighted by Crippen LogP contribution is -2.26. The fraction of sp³-hybridized carbons (Fsp3) is 0.375. The normalized spacial score (nSPS) is 14.7. The van der Waals surface area contributed by atoms with E-state index >= 15 is 0 Å². The van der Waals surface area contributed by atoms with Gasteiger partial charge in [0.2, 0.25) is 0 Å². The van der Waals surface area contributed by atoms with E-state index in [1.165, 1.54) is 12.1 Å². The number of rotatable bonds is 5. The number of hydrogen-bond acceptors (Lipinski definition) is 2. The maximum absolute atomic E-state index is 12.5. The molecule has 0 atom stereocenters. The van der Waals surface area contributed by atoms with Crippen LogP contribution in [0.25, 0.3) is 0 Å². The van der Waals surface area contributed by atoms with Crippen LogP contribution in [0.2, 0.25) is 0 Å². The van der Waals surface area contributed by atoms with Gasteiger partial charge in [0.15, 0.2) is 0 Å². The van der Waals surface area contributed by atoms with Crippen LogP contribution >= 0.6 is 0 Å². The molecule has 0 aliphatic heterocycles. The van der Waals surface area contributed by atoms with Gasteiger partial charge in [0.1, 0.15) is 5.69 Å². The molecule has 0 radical (unpaired) electrons. The van der Waals surface area contributed by atoms with Gasteiger partial charge in [0.05, 0.1) is 5.56 Å². The predicted octanol–water partition coefficient (Wildman–Crippen LogP) is 3.28. The lowest BCUT2D eigenvalue weighted by Gasteiger charge is -2.08. The van der Waals surface area contributed by atoms with Gasteiger partial charge in [-0.05, 0) is 43.0 Å². The molecular formula is C16H16F3N3O. The Hall–Kier alpha value is -2.31. The van der Waals surface area contributed by atoms with Crippen LogP contribution in [0.5, 0.6) is 0 Å². The molecule has 1 aromatic carbocycles. The third kappa shape index (κ3) is 3.91. The molecule has 0 unspecified atom stereocenters. The molecule has 1 aliphatic rings. The van der Waals surface area contributed by atoms with Gasteiger partial charge in [0, 0.05) is 18.2 Å². The zero-order chi connectivity index (χ0) is 16.4. The maximum Gasteiger partial charge on any atom is 0.416 e. The Kier molecular flexibility index (Phi) is 4.11. The Morgan fingerprint density at radius 2 is 1.96 bits per heavy atom. The summed E-state index contributed by atoms with van der Waals surface area (Å²) in [5.41, 5.74) is 1.39. The van der Waals surface area contributed by atoms with Gasteiger partial charge in [-0.15, -0.1) is 0 Å². The van der Waals surface area contributed by atoms with E-state index in [9.17, 15) is 18.0 Å². The fourth-order valence-electron chi connectivity index (χ4n) is 2.33. The molecule has 3 rings (SSSR count). The zero-order valence-corrected chi connectivity index (χ0v) is 12.3. The smallest absolute Gasteiger partial charge is 0.350 e. The summed E-state index contributed by atoms with van der Waals surface area (Å²) in [4.78, 5) is 11.9. The molecular weight excluding hydrogens is 307 g/mol. The van der Waals surface area contributed by atoms with E-state index < -0.39 is 11.7 Å². The second-order valence-electron chi connectivity index (χ2n) is 5.68. The van der Waals surface area contributed by atoms with Crippen molar-refractivity contribution in [3.63, 3.8) is 0 Å². The number of hydrogen-bond donors (Lipinski definition) is 2. The SMILES string of the molecule is O=C(NCCc1ccc(C(F)(F)F)cc1)c1cc(C2CC2)[nH]n1. The summed E-state index contributed by atoms with van der Waals surface area (Å²) in [7, 11) is 0. The number of nitrogens with zero attached hydrogens (tertiary/aromatic N) is 1. The molecule has 2 N–H and O–H groups in total. The van der Waals surface area contributed by atoms with Gasteiger partial charge < -0.3 is 5.32 Å². The third-order valence-corrected chi connectivity index (χ3v) is 3.83. The second kappa shape index (κ2) is 6.06. The van der Waals surface area contributed by atoms with Crippen molar-refractivity contribution in [1.82, 2.24) is 15.5 Å². The molecule has 23 heavy (non-hydrogen) atoms. The summed E-state index contributed by atoms with van der Waals surface area (Å²) in [6, 6.07) is 6.70. The van der Waals surface area contributed by atoms with Crippen molar-refractivity contribution in [3.8, 4) is 0 Å². The van der Waals surface area contributed by atoms with Crippen molar-refractivity contribution >= 4 is 5.91 Å².